The highest BCUT2D eigenvalue weighted by molar-refractivity contribution is 6.34. The summed E-state index contributed by atoms with van der Waals surface area (Å²) in [5.74, 6) is -0.170. The molecule has 1 aromatic carbocycles. The largest absolute Gasteiger partial charge is 0.399 e. The molecule has 1 rings (SSSR count). The molecular weight excluding hydrogens is 224 g/mol. The normalized spacial score (nSPS) is 11.2. The van der Waals surface area contributed by atoms with E-state index in [4.69, 9.17) is 17.3 Å². The van der Waals surface area contributed by atoms with Gasteiger partial charge in [-0.2, -0.15) is 0 Å². The van der Waals surface area contributed by atoms with Gasteiger partial charge < -0.3 is 11.1 Å². The van der Waals surface area contributed by atoms with Crippen LogP contribution in [0.15, 0.2) is 18.2 Å². The predicted octanol–water partition coefficient (Wildman–Crippen LogP) is 2.84. The maximum Gasteiger partial charge on any atom is 0.253 e. The zero-order valence-electron chi connectivity index (χ0n) is 9.80. The van der Waals surface area contributed by atoms with Gasteiger partial charge in [0.25, 0.3) is 5.91 Å². The van der Waals surface area contributed by atoms with Gasteiger partial charge in [0.1, 0.15) is 0 Å². The summed E-state index contributed by atoms with van der Waals surface area (Å²) >= 11 is 5.96. The van der Waals surface area contributed by atoms with Crippen molar-refractivity contribution in [2.24, 2.45) is 0 Å². The van der Waals surface area contributed by atoms with Crippen molar-refractivity contribution >= 4 is 23.2 Å². The summed E-state index contributed by atoms with van der Waals surface area (Å²) in [7, 11) is 0. The molecule has 0 aliphatic rings. The van der Waals surface area contributed by atoms with E-state index in [1.165, 1.54) is 0 Å². The summed E-state index contributed by atoms with van der Waals surface area (Å²) in [6, 6.07) is 4.88. The van der Waals surface area contributed by atoms with Gasteiger partial charge in [-0.3, -0.25) is 4.79 Å². The zero-order chi connectivity index (χ0) is 12.3. The van der Waals surface area contributed by atoms with Crippen molar-refractivity contribution in [3.05, 3.63) is 28.8 Å². The molecular formula is C12H17ClN2O. The number of amides is 1. The Morgan fingerprint density at radius 2 is 2.12 bits per heavy atom. The molecule has 1 aromatic rings. The molecule has 0 bridgehead atoms. The summed E-state index contributed by atoms with van der Waals surface area (Å²) in [6.07, 6.45) is 0.853. The monoisotopic (exact) mass is 240 g/mol. The summed E-state index contributed by atoms with van der Waals surface area (Å²) in [5.41, 5.74) is 6.34. The Morgan fingerprint density at radius 3 is 2.62 bits per heavy atom. The van der Waals surface area contributed by atoms with Crippen molar-refractivity contribution in [3.63, 3.8) is 0 Å². The highest BCUT2D eigenvalue weighted by Crippen LogP contribution is 2.20. The van der Waals surface area contributed by atoms with Gasteiger partial charge in [0.15, 0.2) is 0 Å². The van der Waals surface area contributed by atoms with Crippen LogP contribution in [0.2, 0.25) is 5.02 Å². The van der Waals surface area contributed by atoms with Gasteiger partial charge in [0.05, 0.1) is 10.6 Å². The SMILES string of the molecule is CCC(C)(C)NC(=O)c1ccc(N)cc1Cl. The molecule has 16 heavy (non-hydrogen) atoms. The third-order valence-electron chi connectivity index (χ3n) is 2.57. The van der Waals surface area contributed by atoms with E-state index in [0.29, 0.717) is 16.3 Å². The van der Waals surface area contributed by atoms with Crippen LogP contribution in [0.4, 0.5) is 5.69 Å². The van der Waals surface area contributed by atoms with Crippen molar-refractivity contribution in [2.75, 3.05) is 5.73 Å². The zero-order valence-corrected chi connectivity index (χ0v) is 10.6. The fourth-order valence-corrected chi connectivity index (χ4v) is 1.45. The average Bonchev–Trinajstić information content (AvgIpc) is 2.16. The molecule has 3 nitrogen and oxygen atoms in total. The number of nitrogens with two attached hydrogens (primary N) is 1. The van der Waals surface area contributed by atoms with Gasteiger partial charge in [-0.25, -0.2) is 0 Å². The smallest absolute Gasteiger partial charge is 0.253 e. The van der Waals surface area contributed by atoms with Crippen LogP contribution in [-0.4, -0.2) is 11.4 Å². The minimum Gasteiger partial charge on any atom is -0.399 e. The van der Waals surface area contributed by atoms with Gasteiger partial charge in [0, 0.05) is 11.2 Å². The lowest BCUT2D eigenvalue weighted by atomic mass is 10.0. The van der Waals surface area contributed by atoms with Crippen LogP contribution >= 0.6 is 11.6 Å². The van der Waals surface area contributed by atoms with E-state index in [9.17, 15) is 4.79 Å². The van der Waals surface area contributed by atoms with Gasteiger partial charge in [-0.05, 0) is 38.5 Å². The minimum atomic E-state index is -0.234. The molecule has 0 saturated carbocycles. The molecule has 0 radical (unpaired) electrons. The number of halogens is 1. The Morgan fingerprint density at radius 1 is 1.50 bits per heavy atom. The third kappa shape index (κ3) is 3.14. The molecule has 0 aliphatic carbocycles. The Hall–Kier alpha value is -1.22. The van der Waals surface area contributed by atoms with E-state index in [2.05, 4.69) is 5.32 Å². The number of carbonyl (C=O) groups excluding carboxylic acids is 1. The van der Waals surface area contributed by atoms with E-state index in [1.807, 2.05) is 20.8 Å². The lowest BCUT2D eigenvalue weighted by Gasteiger charge is -2.24. The van der Waals surface area contributed by atoms with Gasteiger partial charge in [-0.15, -0.1) is 0 Å². The molecule has 0 aliphatic heterocycles. The number of nitrogen functional groups attached to an aromatic ring is 1. The van der Waals surface area contributed by atoms with Crippen molar-refractivity contribution in [3.8, 4) is 0 Å². The Bertz CT molecular complexity index is 402. The van der Waals surface area contributed by atoms with E-state index >= 15 is 0 Å². The summed E-state index contributed by atoms with van der Waals surface area (Å²) in [5, 5.41) is 3.30. The number of anilines is 1. The van der Waals surface area contributed by atoms with Gasteiger partial charge in [-0.1, -0.05) is 18.5 Å². The van der Waals surface area contributed by atoms with Crippen LogP contribution in [0.3, 0.4) is 0 Å². The first-order chi connectivity index (χ1) is 7.35. The molecule has 1 amide bonds. The second-order valence-corrected chi connectivity index (χ2v) is 4.84. The van der Waals surface area contributed by atoms with Crippen LogP contribution in [0, 0.1) is 0 Å². The molecule has 4 heteroatoms. The molecule has 88 valence electrons. The van der Waals surface area contributed by atoms with Crippen LogP contribution in [0.25, 0.3) is 0 Å². The number of hydrogen-bond acceptors (Lipinski definition) is 2. The topological polar surface area (TPSA) is 55.1 Å². The molecule has 0 spiro atoms. The second-order valence-electron chi connectivity index (χ2n) is 4.43. The maximum atomic E-state index is 11.9. The molecule has 0 heterocycles. The van der Waals surface area contributed by atoms with Gasteiger partial charge in [0.2, 0.25) is 0 Å². The van der Waals surface area contributed by atoms with E-state index in [1.54, 1.807) is 18.2 Å². The van der Waals surface area contributed by atoms with Crippen molar-refractivity contribution < 1.29 is 4.79 Å². The highest BCUT2D eigenvalue weighted by Gasteiger charge is 2.20. The minimum absolute atomic E-state index is 0.170. The third-order valence-corrected chi connectivity index (χ3v) is 2.89. The molecule has 3 N–H and O–H groups in total. The molecule has 0 unspecified atom stereocenters. The van der Waals surface area contributed by atoms with Crippen molar-refractivity contribution in [1.82, 2.24) is 5.32 Å². The second kappa shape index (κ2) is 4.74. The van der Waals surface area contributed by atoms with Crippen LogP contribution in [0.1, 0.15) is 37.6 Å². The number of benzene rings is 1. The Balaban J connectivity index is 2.89. The predicted molar refractivity (Wildman–Crippen MR) is 67.7 cm³/mol. The van der Waals surface area contributed by atoms with Crippen molar-refractivity contribution in [2.45, 2.75) is 32.7 Å². The summed E-state index contributed by atoms with van der Waals surface area (Å²) < 4.78 is 0. The van der Waals surface area contributed by atoms with E-state index in [-0.39, 0.29) is 11.4 Å². The van der Waals surface area contributed by atoms with Crippen LogP contribution in [0.5, 0.6) is 0 Å². The number of carbonyl (C=O) groups is 1. The summed E-state index contributed by atoms with van der Waals surface area (Å²) in [6.45, 7) is 5.96. The number of rotatable bonds is 3. The number of hydrogen-bond donors (Lipinski definition) is 2. The molecule has 0 saturated heterocycles. The molecule has 0 fully saturated rings. The van der Waals surface area contributed by atoms with Crippen LogP contribution in [-0.2, 0) is 0 Å². The fraction of sp³-hybridized carbons (Fsp3) is 0.417. The summed E-state index contributed by atoms with van der Waals surface area (Å²) in [4.78, 5) is 11.9. The Kier molecular flexibility index (Phi) is 3.81. The molecule has 0 aromatic heterocycles. The molecule has 0 atom stereocenters. The van der Waals surface area contributed by atoms with Gasteiger partial charge >= 0.3 is 0 Å². The first-order valence-electron chi connectivity index (χ1n) is 5.23. The Labute approximate surface area is 101 Å². The fourth-order valence-electron chi connectivity index (χ4n) is 1.18. The first kappa shape index (κ1) is 12.8. The first-order valence-corrected chi connectivity index (χ1v) is 5.61. The quantitative estimate of drug-likeness (QED) is 0.799. The maximum absolute atomic E-state index is 11.9. The van der Waals surface area contributed by atoms with E-state index in [0.717, 1.165) is 6.42 Å². The highest BCUT2D eigenvalue weighted by atomic mass is 35.5. The van der Waals surface area contributed by atoms with E-state index < -0.39 is 0 Å². The lowest BCUT2D eigenvalue weighted by Crippen LogP contribution is -2.42. The van der Waals surface area contributed by atoms with Crippen LogP contribution < -0.4 is 11.1 Å². The van der Waals surface area contributed by atoms with Crippen molar-refractivity contribution in [1.29, 1.82) is 0 Å². The average molecular weight is 241 g/mol. The lowest BCUT2D eigenvalue weighted by molar-refractivity contribution is 0.0911. The standard InChI is InChI=1S/C12H17ClN2O/c1-4-12(2,3)15-11(16)9-6-5-8(14)7-10(9)13/h5-7H,4,14H2,1-3H3,(H,15,16). The number of nitrogens with one attached hydrogen (secondary N) is 1.